The number of benzene rings is 1. The average Bonchev–Trinajstić information content (AvgIpc) is 3.68. The largest absolute Gasteiger partial charge is 0.309 e. The molecule has 2 aliphatic rings. The fourth-order valence-corrected chi connectivity index (χ4v) is 4.57. The lowest BCUT2D eigenvalue weighted by Crippen LogP contribution is -2.27. The first kappa shape index (κ1) is 21.9. The molecule has 5 rings (SSSR count). The quantitative estimate of drug-likeness (QED) is 0.508. The zero-order valence-corrected chi connectivity index (χ0v) is 18.8. The van der Waals surface area contributed by atoms with E-state index in [4.69, 9.17) is 0 Å². The van der Waals surface area contributed by atoms with Gasteiger partial charge in [0.25, 0.3) is 5.56 Å². The fraction of sp³-hybridized carbons (Fsp3) is 0.375. The summed E-state index contributed by atoms with van der Waals surface area (Å²) in [4.78, 5) is 21.5. The Morgan fingerprint density at radius 1 is 1.15 bits per heavy atom. The molecule has 33 heavy (non-hydrogen) atoms. The molecule has 2 heterocycles. The molecule has 6 nitrogen and oxygen atoms in total. The maximum Gasteiger partial charge on any atom is 0.309 e. The van der Waals surface area contributed by atoms with Crippen LogP contribution in [0.2, 0.25) is 0 Å². The first-order valence-electron chi connectivity index (χ1n) is 10.9. The number of fused-ring (bicyclic) bond motifs is 1. The molecule has 0 saturated heterocycles. The number of hydrogen-bond donors (Lipinski definition) is 0. The van der Waals surface area contributed by atoms with E-state index in [0.717, 1.165) is 30.1 Å². The molecule has 1 aromatic carbocycles. The predicted octanol–water partition coefficient (Wildman–Crippen LogP) is 4.47. The van der Waals surface area contributed by atoms with Gasteiger partial charge in [-0.15, -0.1) is 0 Å². The normalized spacial score (nSPS) is 18.2. The number of alkyl halides is 2. The molecule has 0 unspecified atom stereocenters. The van der Waals surface area contributed by atoms with Crippen molar-refractivity contribution in [1.82, 2.24) is 14.5 Å². The lowest BCUT2D eigenvalue weighted by Gasteiger charge is -2.20. The Labute approximate surface area is 189 Å². The minimum atomic E-state index is -3.38. The maximum absolute atomic E-state index is 14.8. The van der Waals surface area contributed by atoms with Crippen LogP contribution in [-0.4, -0.2) is 29.2 Å². The van der Waals surface area contributed by atoms with Gasteiger partial charge >= 0.3 is 5.92 Å². The smallest absolute Gasteiger partial charge is 0.307 e. The van der Waals surface area contributed by atoms with E-state index in [0.29, 0.717) is 18.4 Å². The number of pyridine rings is 1. The molecule has 0 aliphatic heterocycles. The summed E-state index contributed by atoms with van der Waals surface area (Å²) in [6, 6.07) is 8.65. The molecular weight excluding hydrogens is 448 g/mol. The van der Waals surface area contributed by atoms with Crippen molar-refractivity contribution in [2.24, 2.45) is 11.8 Å². The van der Waals surface area contributed by atoms with Crippen molar-refractivity contribution in [3.63, 3.8) is 0 Å². The molecule has 2 aromatic heterocycles. The number of aromatic nitrogens is 3. The second kappa shape index (κ2) is 7.83. The van der Waals surface area contributed by atoms with Crippen LogP contribution in [0.5, 0.6) is 0 Å². The summed E-state index contributed by atoms with van der Waals surface area (Å²) < 4.78 is 54.5. The number of nitrogens with zero attached hydrogens (tertiary/aromatic N) is 3. The summed E-state index contributed by atoms with van der Waals surface area (Å²) in [6.07, 6.45) is 8.02. The molecule has 0 N–H and O–H groups in total. The van der Waals surface area contributed by atoms with Crippen molar-refractivity contribution in [3.05, 3.63) is 70.4 Å². The van der Waals surface area contributed by atoms with Crippen molar-refractivity contribution in [2.75, 3.05) is 6.26 Å². The van der Waals surface area contributed by atoms with E-state index in [1.807, 2.05) is 30.3 Å². The molecule has 0 radical (unpaired) electrons. The minimum absolute atomic E-state index is 0.126. The topological polar surface area (TPSA) is 81.9 Å². The number of rotatable bonds is 7. The average molecular weight is 472 g/mol. The minimum Gasteiger partial charge on any atom is -0.307 e. The highest BCUT2D eigenvalue weighted by Gasteiger charge is 2.50. The zero-order valence-electron chi connectivity index (χ0n) is 18.0. The SMILES string of the molecule is CS(=O)(=O)/C=C/[C@@H](C1CC1)n1cc(-c2ccccc2)c2nc(C(F)(F)C3CC3)ncc2c1=O. The van der Waals surface area contributed by atoms with Crippen LogP contribution in [0, 0.1) is 11.8 Å². The van der Waals surface area contributed by atoms with Gasteiger partial charge in [-0.1, -0.05) is 36.4 Å². The lowest BCUT2D eigenvalue weighted by molar-refractivity contribution is -0.0371. The monoisotopic (exact) mass is 471 g/mol. The predicted molar refractivity (Wildman–Crippen MR) is 122 cm³/mol. The Morgan fingerprint density at radius 3 is 2.45 bits per heavy atom. The van der Waals surface area contributed by atoms with E-state index >= 15 is 0 Å². The van der Waals surface area contributed by atoms with Gasteiger partial charge in [0.1, 0.15) is 0 Å². The number of sulfone groups is 1. The van der Waals surface area contributed by atoms with E-state index in [9.17, 15) is 22.0 Å². The maximum atomic E-state index is 14.8. The Kier molecular flexibility index (Phi) is 5.19. The van der Waals surface area contributed by atoms with Gasteiger partial charge in [0, 0.05) is 35.5 Å². The molecule has 2 saturated carbocycles. The molecule has 2 aliphatic carbocycles. The van der Waals surface area contributed by atoms with Crippen LogP contribution in [0.15, 0.2) is 59.0 Å². The number of hydrogen-bond acceptors (Lipinski definition) is 5. The number of halogens is 2. The van der Waals surface area contributed by atoms with Crippen LogP contribution in [0.3, 0.4) is 0 Å². The van der Waals surface area contributed by atoms with E-state index < -0.39 is 39.1 Å². The van der Waals surface area contributed by atoms with Gasteiger partial charge in [-0.25, -0.2) is 18.4 Å². The van der Waals surface area contributed by atoms with Crippen molar-refractivity contribution in [2.45, 2.75) is 37.6 Å². The first-order chi connectivity index (χ1) is 15.6. The third kappa shape index (κ3) is 4.34. The molecule has 1 atom stereocenters. The van der Waals surface area contributed by atoms with Crippen LogP contribution >= 0.6 is 0 Å². The highest BCUT2D eigenvalue weighted by atomic mass is 32.2. The third-order valence-corrected chi connectivity index (χ3v) is 6.85. The van der Waals surface area contributed by atoms with E-state index in [1.165, 1.54) is 16.8 Å². The molecule has 172 valence electrons. The molecule has 3 aromatic rings. The third-order valence-electron chi connectivity index (χ3n) is 6.20. The van der Waals surface area contributed by atoms with E-state index in [1.54, 1.807) is 6.20 Å². The first-order valence-corrected chi connectivity index (χ1v) is 12.8. The van der Waals surface area contributed by atoms with Gasteiger partial charge in [0.05, 0.1) is 16.9 Å². The Morgan fingerprint density at radius 2 is 1.85 bits per heavy atom. The molecule has 2 fully saturated rings. The molecule has 0 amide bonds. The van der Waals surface area contributed by atoms with Crippen molar-refractivity contribution in [3.8, 4) is 11.1 Å². The van der Waals surface area contributed by atoms with E-state index in [2.05, 4.69) is 9.97 Å². The summed E-state index contributed by atoms with van der Waals surface area (Å²) in [5.74, 6) is -4.36. The van der Waals surface area contributed by atoms with Crippen LogP contribution in [-0.2, 0) is 15.8 Å². The van der Waals surface area contributed by atoms with Gasteiger partial charge in [0.15, 0.2) is 15.7 Å². The summed E-state index contributed by atoms with van der Waals surface area (Å²) in [7, 11) is -3.38. The van der Waals surface area contributed by atoms with E-state index in [-0.39, 0.29) is 16.8 Å². The standard InChI is InChI=1S/C24H23F2N3O3S/c1-33(31,32)12-11-20(16-7-8-16)29-14-19(15-5-3-2-4-6-15)21-18(22(29)30)13-27-23(28-21)24(25,26)17-9-10-17/h2-6,11-14,16-17,20H,7-10H2,1H3/b12-11+/t20-/m0/s1. The van der Waals surface area contributed by atoms with Gasteiger partial charge in [0.2, 0.25) is 0 Å². The summed E-state index contributed by atoms with van der Waals surface area (Å²) >= 11 is 0. The van der Waals surface area contributed by atoms with Crippen molar-refractivity contribution in [1.29, 1.82) is 0 Å². The second-order valence-corrected chi connectivity index (χ2v) is 10.9. The lowest BCUT2D eigenvalue weighted by atomic mass is 10.0. The van der Waals surface area contributed by atoms with Gasteiger partial charge in [-0.3, -0.25) is 4.79 Å². The van der Waals surface area contributed by atoms with Crippen LogP contribution < -0.4 is 5.56 Å². The summed E-state index contributed by atoms with van der Waals surface area (Å²) in [6.45, 7) is 0. The number of allylic oxidation sites excluding steroid dienone is 1. The van der Waals surface area contributed by atoms with Crippen molar-refractivity contribution >= 4 is 20.7 Å². The van der Waals surface area contributed by atoms with Gasteiger partial charge in [-0.05, 0) is 37.2 Å². The van der Waals surface area contributed by atoms with Crippen LogP contribution in [0.1, 0.15) is 37.5 Å². The molecular formula is C24H23F2N3O3S. The van der Waals surface area contributed by atoms with Gasteiger partial charge < -0.3 is 4.57 Å². The Bertz CT molecular complexity index is 1410. The van der Waals surface area contributed by atoms with Crippen LogP contribution in [0.25, 0.3) is 22.0 Å². The molecule has 9 heteroatoms. The summed E-state index contributed by atoms with van der Waals surface area (Å²) in [5, 5.41) is 1.25. The molecule has 0 bridgehead atoms. The Balaban J connectivity index is 1.74. The van der Waals surface area contributed by atoms with Crippen molar-refractivity contribution < 1.29 is 17.2 Å². The van der Waals surface area contributed by atoms with Crippen LogP contribution in [0.4, 0.5) is 8.78 Å². The second-order valence-electron chi connectivity index (χ2n) is 8.96. The fourth-order valence-electron chi connectivity index (χ4n) is 4.12. The zero-order chi connectivity index (χ0) is 23.4. The summed E-state index contributed by atoms with van der Waals surface area (Å²) in [5.41, 5.74) is 0.992. The van der Waals surface area contributed by atoms with Gasteiger partial charge in [-0.2, -0.15) is 8.78 Å². The highest BCUT2D eigenvalue weighted by molar-refractivity contribution is 7.93. The molecule has 0 spiro atoms. The highest BCUT2D eigenvalue weighted by Crippen LogP contribution is 2.49. The Hall–Kier alpha value is -2.94.